The molecule has 4 aromatic carbocycles. The molecule has 5 rings (SSSR count). The molecule has 1 fully saturated rings. The second-order valence-electron chi connectivity index (χ2n) is 13.2. The van der Waals surface area contributed by atoms with Crippen LogP contribution in [-0.2, 0) is 26.1 Å². The van der Waals surface area contributed by atoms with Crippen LogP contribution in [0.25, 0.3) is 0 Å². The van der Waals surface area contributed by atoms with Crippen LogP contribution in [0.4, 0.5) is 0 Å². The van der Waals surface area contributed by atoms with Crippen LogP contribution < -0.4 is 0 Å². The number of benzene rings is 4. The second-order valence-corrected chi connectivity index (χ2v) is 18.0. The zero-order valence-electron chi connectivity index (χ0n) is 26.1. The Morgan fingerprint density at radius 2 is 1.14 bits per heavy atom. The third-order valence-electron chi connectivity index (χ3n) is 9.33. The molecule has 0 aromatic heterocycles. The zero-order valence-corrected chi connectivity index (χ0v) is 27.1. The summed E-state index contributed by atoms with van der Waals surface area (Å²) >= 11 is 0. The van der Waals surface area contributed by atoms with E-state index in [1.54, 1.807) is 0 Å². The van der Waals surface area contributed by atoms with E-state index in [4.69, 9.17) is 13.9 Å². The fraction of sp³-hybridized carbons (Fsp3) is 0.368. The van der Waals surface area contributed by atoms with Crippen molar-refractivity contribution in [3.8, 4) is 0 Å². The molecule has 1 aliphatic carbocycles. The van der Waals surface area contributed by atoms with Crippen molar-refractivity contribution in [1.29, 1.82) is 0 Å². The predicted molar refractivity (Wildman–Crippen MR) is 176 cm³/mol. The van der Waals surface area contributed by atoms with Crippen molar-refractivity contribution in [2.24, 2.45) is 5.92 Å². The fourth-order valence-corrected chi connectivity index (χ4v) is 7.25. The normalized spacial score (nSPS) is 21.2. The van der Waals surface area contributed by atoms with Gasteiger partial charge >= 0.3 is 0 Å². The summed E-state index contributed by atoms with van der Waals surface area (Å²) in [6, 6.07) is 41.4. The van der Waals surface area contributed by atoms with E-state index in [9.17, 15) is 5.11 Å². The van der Waals surface area contributed by atoms with E-state index in [-0.39, 0.29) is 23.2 Å². The average Bonchev–Trinajstić information content (AvgIpc) is 3.30. The lowest BCUT2D eigenvalue weighted by atomic mass is 9.80. The van der Waals surface area contributed by atoms with Crippen LogP contribution in [0.3, 0.4) is 0 Å². The molecule has 0 unspecified atom stereocenters. The number of rotatable bonds is 11. The van der Waals surface area contributed by atoms with Gasteiger partial charge in [-0.05, 0) is 40.4 Å². The zero-order chi connectivity index (χ0) is 30.5. The molecule has 226 valence electrons. The van der Waals surface area contributed by atoms with Crippen LogP contribution in [0.5, 0.6) is 0 Å². The molecule has 0 amide bonds. The molecule has 5 heteroatoms. The van der Waals surface area contributed by atoms with Crippen LogP contribution >= 0.6 is 0 Å². The van der Waals surface area contributed by atoms with E-state index in [0.29, 0.717) is 19.6 Å². The minimum Gasteiger partial charge on any atom is -0.411 e. The van der Waals surface area contributed by atoms with Gasteiger partial charge in [0.1, 0.15) is 5.60 Å². The molecule has 0 bridgehead atoms. The van der Waals surface area contributed by atoms with Gasteiger partial charge in [0.2, 0.25) is 0 Å². The molecule has 4 nitrogen and oxygen atoms in total. The molecule has 0 heterocycles. The molecular formula is C38H46O4Si. The molecule has 0 aliphatic heterocycles. The minimum atomic E-state index is -2.13. The van der Waals surface area contributed by atoms with Gasteiger partial charge in [-0.2, -0.15) is 0 Å². The Bertz CT molecular complexity index is 1310. The van der Waals surface area contributed by atoms with Gasteiger partial charge < -0.3 is 19.0 Å². The van der Waals surface area contributed by atoms with Crippen LogP contribution in [0.2, 0.25) is 18.1 Å². The molecule has 0 radical (unpaired) electrons. The van der Waals surface area contributed by atoms with Gasteiger partial charge in [0.15, 0.2) is 8.32 Å². The first-order valence-electron chi connectivity index (χ1n) is 15.4. The van der Waals surface area contributed by atoms with E-state index in [1.165, 1.54) is 0 Å². The molecule has 4 atom stereocenters. The van der Waals surface area contributed by atoms with E-state index in [0.717, 1.165) is 22.3 Å². The maximum absolute atomic E-state index is 11.6. The summed E-state index contributed by atoms with van der Waals surface area (Å²) in [5.74, 6) is -0.269. The molecular weight excluding hydrogens is 549 g/mol. The van der Waals surface area contributed by atoms with Gasteiger partial charge in [-0.1, -0.05) is 142 Å². The van der Waals surface area contributed by atoms with Gasteiger partial charge in [0.05, 0.1) is 31.5 Å². The monoisotopic (exact) mass is 594 g/mol. The standard InChI is InChI=1S/C38H46O4Si/c1-37(2,3)43(4,5)42-35-26-34(39)33(36(35)40-27-29-18-10-6-11-19-29)28-41-38(30-20-12-7-13-21-30,31-22-14-8-15-23-31)32-24-16-9-17-25-32/h6-25,33-36,39H,26-28H2,1-5H3/t33-,34-,35-,36+/m0/s1. The SMILES string of the molecule is CC(C)(C)[Si](C)(C)O[C@H]1C[C@H](O)[C@H](COC(c2ccccc2)(c2ccccc2)c2ccccc2)[C@H]1OCc1ccccc1. The molecule has 43 heavy (non-hydrogen) atoms. The first-order chi connectivity index (χ1) is 20.6. The summed E-state index contributed by atoms with van der Waals surface area (Å²) in [7, 11) is -2.13. The summed E-state index contributed by atoms with van der Waals surface area (Å²) in [6.45, 7) is 12.0. The van der Waals surface area contributed by atoms with Crippen LogP contribution in [0.1, 0.15) is 49.4 Å². The van der Waals surface area contributed by atoms with Gasteiger partial charge in [0, 0.05) is 12.3 Å². The first-order valence-corrected chi connectivity index (χ1v) is 18.3. The third-order valence-corrected chi connectivity index (χ3v) is 13.8. The van der Waals surface area contributed by atoms with Crippen LogP contribution in [0.15, 0.2) is 121 Å². The van der Waals surface area contributed by atoms with Crippen molar-refractivity contribution in [3.63, 3.8) is 0 Å². The van der Waals surface area contributed by atoms with Crippen LogP contribution in [-0.4, -0.2) is 38.3 Å². The quantitative estimate of drug-likeness (QED) is 0.140. The molecule has 4 aromatic rings. The second kappa shape index (κ2) is 13.3. The fourth-order valence-electron chi connectivity index (χ4n) is 5.91. The largest absolute Gasteiger partial charge is 0.411 e. The predicted octanol–water partition coefficient (Wildman–Crippen LogP) is 8.35. The smallest absolute Gasteiger partial charge is 0.192 e. The number of ether oxygens (including phenoxy) is 2. The van der Waals surface area contributed by atoms with Crippen molar-refractivity contribution in [1.82, 2.24) is 0 Å². The minimum absolute atomic E-state index is 0.0413. The summed E-state index contributed by atoms with van der Waals surface area (Å²) in [4.78, 5) is 0. The molecule has 0 saturated heterocycles. The van der Waals surface area contributed by atoms with Crippen molar-refractivity contribution >= 4 is 8.32 Å². The van der Waals surface area contributed by atoms with Crippen molar-refractivity contribution < 1.29 is 19.0 Å². The van der Waals surface area contributed by atoms with Gasteiger partial charge in [-0.3, -0.25) is 0 Å². The summed E-state index contributed by atoms with van der Waals surface area (Å²) in [5, 5.41) is 11.7. The maximum atomic E-state index is 11.6. The Balaban J connectivity index is 1.51. The van der Waals surface area contributed by atoms with Crippen molar-refractivity contribution in [3.05, 3.63) is 144 Å². The highest BCUT2D eigenvalue weighted by Crippen LogP contribution is 2.44. The number of hydrogen-bond donors (Lipinski definition) is 1. The van der Waals surface area contributed by atoms with Gasteiger partial charge in [-0.25, -0.2) is 0 Å². The highest BCUT2D eigenvalue weighted by Gasteiger charge is 2.50. The van der Waals surface area contributed by atoms with Gasteiger partial charge in [-0.15, -0.1) is 0 Å². The summed E-state index contributed by atoms with van der Waals surface area (Å²) in [6.07, 6.45) is -0.623. The van der Waals surface area contributed by atoms with E-state index >= 15 is 0 Å². The Kier molecular flexibility index (Phi) is 9.69. The highest BCUT2D eigenvalue weighted by atomic mass is 28.4. The van der Waals surface area contributed by atoms with E-state index < -0.39 is 20.0 Å². The number of aliphatic hydroxyl groups excluding tert-OH is 1. The number of aliphatic hydroxyl groups is 1. The Labute approximate surface area is 258 Å². The third kappa shape index (κ3) is 6.87. The summed E-state index contributed by atoms with van der Waals surface area (Å²) < 4.78 is 20.8. The molecule has 0 spiro atoms. The molecule has 1 aliphatic rings. The number of hydrogen-bond acceptors (Lipinski definition) is 4. The summed E-state index contributed by atoms with van der Waals surface area (Å²) in [5.41, 5.74) is 3.34. The maximum Gasteiger partial charge on any atom is 0.192 e. The van der Waals surface area contributed by atoms with Gasteiger partial charge in [0.25, 0.3) is 0 Å². The van der Waals surface area contributed by atoms with Crippen LogP contribution in [0, 0.1) is 5.92 Å². The topological polar surface area (TPSA) is 47.9 Å². The van der Waals surface area contributed by atoms with Crippen molar-refractivity contribution in [2.75, 3.05) is 6.61 Å². The Morgan fingerprint density at radius 1 is 0.698 bits per heavy atom. The first kappa shape index (κ1) is 31.4. The molecule has 1 N–H and O–H groups in total. The average molecular weight is 595 g/mol. The lowest BCUT2D eigenvalue weighted by molar-refractivity contribution is -0.0926. The Hall–Kier alpha value is -3.06. The lowest BCUT2D eigenvalue weighted by Crippen LogP contribution is -2.47. The highest BCUT2D eigenvalue weighted by molar-refractivity contribution is 6.74. The van der Waals surface area contributed by atoms with E-state index in [2.05, 4.69) is 119 Å². The lowest BCUT2D eigenvalue weighted by Gasteiger charge is -2.40. The molecule has 1 saturated carbocycles. The van der Waals surface area contributed by atoms with Crippen molar-refractivity contribution in [2.45, 2.75) is 75.8 Å². The van der Waals surface area contributed by atoms with E-state index in [1.807, 2.05) is 36.4 Å². The Morgan fingerprint density at radius 3 is 1.58 bits per heavy atom.